The Kier molecular flexibility index (Phi) is 7.55. The summed E-state index contributed by atoms with van der Waals surface area (Å²) >= 11 is 0. The fraction of sp³-hybridized carbons (Fsp3) is 0.588. The largest absolute Gasteiger partial charge is 0.353 e. The van der Waals surface area contributed by atoms with Gasteiger partial charge in [0.25, 0.3) is 0 Å². The number of rotatable bonds is 9. The highest BCUT2D eigenvalue weighted by atomic mass is 32.2. The minimum absolute atomic E-state index is 0.0167. The minimum Gasteiger partial charge on any atom is -0.353 e. The Morgan fingerprint density at radius 2 is 1.83 bits per heavy atom. The van der Waals surface area contributed by atoms with Crippen LogP contribution in [0.5, 0.6) is 0 Å². The van der Waals surface area contributed by atoms with Gasteiger partial charge in [0.1, 0.15) is 0 Å². The van der Waals surface area contributed by atoms with Crippen LogP contribution in [0.1, 0.15) is 45.1 Å². The van der Waals surface area contributed by atoms with E-state index in [1.54, 1.807) is 6.07 Å². The van der Waals surface area contributed by atoms with E-state index >= 15 is 0 Å². The van der Waals surface area contributed by atoms with E-state index in [0.717, 1.165) is 18.4 Å². The van der Waals surface area contributed by atoms with Gasteiger partial charge in [-0.25, -0.2) is 8.42 Å². The lowest BCUT2D eigenvalue weighted by molar-refractivity contribution is -0.121. The first-order chi connectivity index (χ1) is 10.8. The number of carbonyl (C=O) groups excluding carboxylic acids is 1. The Morgan fingerprint density at radius 3 is 2.35 bits per heavy atom. The predicted molar refractivity (Wildman–Crippen MR) is 95.1 cm³/mol. The first-order valence-corrected chi connectivity index (χ1v) is 9.97. The SMILES string of the molecule is CCC(CC)NC(=O)CCCN(c1ccccc1C)S(C)(=O)=O. The number of hydrogen-bond donors (Lipinski definition) is 1. The molecule has 0 aliphatic heterocycles. The molecule has 0 fully saturated rings. The zero-order valence-electron chi connectivity index (χ0n) is 14.5. The lowest BCUT2D eigenvalue weighted by Crippen LogP contribution is -2.35. The van der Waals surface area contributed by atoms with E-state index in [1.165, 1.54) is 10.6 Å². The second-order valence-electron chi connectivity index (χ2n) is 5.81. The highest BCUT2D eigenvalue weighted by Gasteiger charge is 2.19. The maximum atomic E-state index is 12.1. The van der Waals surface area contributed by atoms with Gasteiger partial charge < -0.3 is 5.32 Å². The van der Waals surface area contributed by atoms with Gasteiger partial charge in [0.2, 0.25) is 15.9 Å². The third-order valence-corrected chi connectivity index (χ3v) is 5.08. The molecule has 0 saturated heterocycles. The Balaban J connectivity index is 2.68. The van der Waals surface area contributed by atoms with Crippen LogP contribution in [0.2, 0.25) is 0 Å². The number of benzene rings is 1. The summed E-state index contributed by atoms with van der Waals surface area (Å²) in [5.74, 6) is -0.0167. The van der Waals surface area contributed by atoms with Gasteiger partial charge in [0.15, 0.2) is 0 Å². The number of hydrogen-bond acceptors (Lipinski definition) is 3. The molecule has 23 heavy (non-hydrogen) atoms. The molecule has 0 aliphatic carbocycles. The molecule has 0 bridgehead atoms. The number of anilines is 1. The first kappa shape index (κ1) is 19.5. The number of carbonyl (C=O) groups is 1. The van der Waals surface area contributed by atoms with Crippen LogP contribution in [0.15, 0.2) is 24.3 Å². The molecule has 0 spiro atoms. The number of nitrogens with one attached hydrogen (secondary N) is 1. The van der Waals surface area contributed by atoms with Crippen LogP contribution in [0.25, 0.3) is 0 Å². The number of aryl methyl sites for hydroxylation is 1. The maximum Gasteiger partial charge on any atom is 0.232 e. The molecule has 0 aromatic heterocycles. The topological polar surface area (TPSA) is 66.5 Å². The van der Waals surface area contributed by atoms with Crippen molar-refractivity contribution in [2.24, 2.45) is 0 Å². The molecule has 1 aromatic carbocycles. The van der Waals surface area contributed by atoms with Gasteiger partial charge in [-0.3, -0.25) is 9.10 Å². The molecule has 0 saturated carbocycles. The second kappa shape index (κ2) is 8.91. The molecule has 0 unspecified atom stereocenters. The molecule has 0 heterocycles. The highest BCUT2D eigenvalue weighted by Crippen LogP contribution is 2.22. The van der Waals surface area contributed by atoms with Crippen molar-refractivity contribution in [1.29, 1.82) is 0 Å². The second-order valence-corrected chi connectivity index (χ2v) is 7.71. The molecule has 0 aliphatic rings. The number of amides is 1. The van der Waals surface area contributed by atoms with Crippen LogP contribution in [-0.2, 0) is 14.8 Å². The van der Waals surface area contributed by atoms with E-state index in [2.05, 4.69) is 5.32 Å². The summed E-state index contributed by atoms with van der Waals surface area (Å²) in [5.41, 5.74) is 1.58. The van der Waals surface area contributed by atoms with Crippen molar-refractivity contribution in [3.05, 3.63) is 29.8 Å². The molecule has 1 amide bonds. The molecule has 5 nitrogen and oxygen atoms in total. The number of para-hydroxylation sites is 1. The molecule has 1 aromatic rings. The number of nitrogens with zero attached hydrogens (tertiary/aromatic N) is 1. The van der Waals surface area contributed by atoms with Crippen LogP contribution in [0, 0.1) is 6.92 Å². The molecular formula is C17H28N2O3S. The van der Waals surface area contributed by atoms with Crippen LogP contribution in [0.3, 0.4) is 0 Å². The minimum atomic E-state index is -3.37. The molecule has 1 rings (SSSR count). The van der Waals surface area contributed by atoms with Gasteiger partial charge in [0.05, 0.1) is 11.9 Å². The smallest absolute Gasteiger partial charge is 0.232 e. The van der Waals surface area contributed by atoms with Crippen molar-refractivity contribution in [3.63, 3.8) is 0 Å². The zero-order chi connectivity index (χ0) is 17.5. The monoisotopic (exact) mass is 340 g/mol. The standard InChI is InChI=1S/C17H28N2O3S/c1-5-15(6-2)18-17(20)12-9-13-19(23(4,21)22)16-11-8-7-10-14(16)3/h7-8,10-11,15H,5-6,9,12-13H2,1-4H3,(H,18,20). The lowest BCUT2D eigenvalue weighted by atomic mass is 10.1. The Hall–Kier alpha value is -1.56. The summed E-state index contributed by atoms with van der Waals surface area (Å²) in [6.07, 6.45) is 3.83. The Morgan fingerprint density at radius 1 is 1.22 bits per heavy atom. The lowest BCUT2D eigenvalue weighted by Gasteiger charge is -2.24. The third-order valence-electron chi connectivity index (χ3n) is 3.90. The van der Waals surface area contributed by atoms with Gasteiger partial charge in [-0.2, -0.15) is 0 Å². The molecular weight excluding hydrogens is 312 g/mol. The van der Waals surface area contributed by atoms with Gasteiger partial charge >= 0.3 is 0 Å². The fourth-order valence-electron chi connectivity index (χ4n) is 2.48. The molecule has 0 atom stereocenters. The fourth-order valence-corrected chi connectivity index (χ4v) is 3.51. The highest BCUT2D eigenvalue weighted by molar-refractivity contribution is 7.92. The van der Waals surface area contributed by atoms with E-state index in [-0.39, 0.29) is 11.9 Å². The van der Waals surface area contributed by atoms with Crippen LogP contribution in [0.4, 0.5) is 5.69 Å². The zero-order valence-corrected chi connectivity index (χ0v) is 15.3. The van der Waals surface area contributed by atoms with E-state index in [1.807, 2.05) is 39.0 Å². The third kappa shape index (κ3) is 6.22. The van der Waals surface area contributed by atoms with E-state index in [4.69, 9.17) is 0 Å². The summed E-state index contributed by atoms with van der Waals surface area (Å²) < 4.78 is 25.5. The first-order valence-electron chi connectivity index (χ1n) is 8.12. The Labute approximate surface area is 140 Å². The van der Waals surface area contributed by atoms with Gasteiger partial charge in [-0.05, 0) is 37.8 Å². The van der Waals surface area contributed by atoms with E-state index in [9.17, 15) is 13.2 Å². The summed E-state index contributed by atoms with van der Waals surface area (Å²) in [4.78, 5) is 11.9. The summed E-state index contributed by atoms with van der Waals surface area (Å²) in [6, 6.07) is 7.57. The van der Waals surface area contributed by atoms with E-state index < -0.39 is 10.0 Å². The molecule has 1 N–H and O–H groups in total. The predicted octanol–water partition coefficient (Wildman–Crippen LogP) is 2.85. The van der Waals surface area contributed by atoms with Crippen molar-refractivity contribution < 1.29 is 13.2 Å². The van der Waals surface area contributed by atoms with Crippen molar-refractivity contribution in [2.45, 2.75) is 52.5 Å². The van der Waals surface area contributed by atoms with Gasteiger partial charge in [-0.1, -0.05) is 32.0 Å². The van der Waals surface area contributed by atoms with Crippen molar-refractivity contribution in [3.8, 4) is 0 Å². The summed E-state index contributed by atoms with van der Waals surface area (Å²) in [5, 5.41) is 2.97. The van der Waals surface area contributed by atoms with Gasteiger partial charge in [-0.15, -0.1) is 0 Å². The Bertz CT molecular complexity index is 610. The van der Waals surface area contributed by atoms with E-state index in [0.29, 0.717) is 25.1 Å². The summed E-state index contributed by atoms with van der Waals surface area (Å²) in [6.45, 7) is 6.27. The quantitative estimate of drug-likeness (QED) is 0.752. The normalized spacial score (nSPS) is 11.5. The summed E-state index contributed by atoms with van der Waals surface area (Å²) in [7, 11) is -3.37. The number of sulfonamides is 1. The molecule has 0 radical (unpaired) electrons. The molecule has 130 valence electrons. The maximum absolute atomic E-state index is 12.1. The van der Waals surface area contributed by atoms with Gasteiger partial charge in [0, 0.05) is 19.0 Å². The average molecular weight is 340 g/mol. The van der Waals surface area contributed by atoms with Crippen molar-refractivity contribution in [1.82, 2.24) is 5.32 Å². The van der Waals surface area contributed by atoms with Crippen molar-refractivity contribution >= 4 is 21.6 Å². The van der Waals surface area contributed by atoms with Crippen molar-refractivity contribution in [2.75, 3.05) is 17.1 Å². The van der Waals surface area contributed by atoms with Crippen LogP contribution < -0.4 is 9.62 Å². The van der Waals surface area contributed by atoms with Crippen LogP contribution in [-0.4, -0.2) is 33.2 Å². The average Bonchev–Trinajstić information content (AvgIpc) is 2.49. The van der Waals surface area contributed by atoms with Crippen LogP contribution >= 0.6 is 0 Å². The molecule has 6 heteroatoms.